The van der Waals surface area contributed by atoms with Crippen molar-refractivity contribution in [3.63, 3.8) is 0 Å². The van der Waals surface area contributed by atoms with Gasteiger partial charge < -0.3 is 9.84 Å². The molecule has 0 aliphatic heterocycles. The molecule has 1 N–H and O–H groups in total. The van der Waals surface area contributed by atoms with E-state index in [1.165, 1.54) is 12.1 Å². The molecule has 5 nitrogen and oxygen atoms in total. The van der Waals surface area contributed by atoms with E-state index < -0.39 is 0 Å². The second kappa shape index (κ2) is 10.2. The van der Waals surface area contributed by atoms with Gasteiger partial charge in [-0.2, -0.15) is 0 Å². The van der Waals surface area contributed by atoms with Gasteiger partial charge >= 0.3 is 0 Å². The van der Waals surface area contributed by atoms with Gasteiger partial charge in [0.15, 0.2) is 0 Å². The van der Waals surface area contributed by atoms with Crippen LogP contribution in [-0.4, -0.2) is 35.6 Å². The van der Waals surface area contributed by atoms with Crippen molar-refractivity contribution in [2.75, 3.05) is 13.6 Å². The summed E-state index contributed by atoms with van der Waals surface area (Å²) in [6, 6.07) is 17.6. The fraction of sp³-hybridized carbons (Fsp3) is 0.333. The first kappa shape index (κ1) is 21.7. The molecule has 2 unspecified atom stereocenters. The SMILES string of the molecule is CC(NC(=O)C(C)N(C)CCCc1cc(-c2ccccc2)no1)c1ccc(F)cc1. The van der Waals surface area contributed by atoms with Crippen molar-refractivity contribution in [2.45, 2.75) is 38.8 Å². The lowest BCUT2D eigenvalue weighted by atomic mass is 10.1. The van der Waals surface area contributed by atoms with Gasteiger partial charge in [0, 0.05) is 18.1 Å². The number of carbonyl (C=O) groups excluding carboxylic acids is 1. The lowest BCUT2D eigenvalue weighted by Gasteiger charge is -2.25. The quantitative estimate of drug-likeness (QED) is 0.561. The molecule has 30 heavy (non-hydrogen) atoms. The molecule has 6 heteroatoms. The Morgan fingerprint density at radius 3 is 2.53 bits per heavy atom. The zero-order chi connectivity index (χ0) is 21.5. The summed E-state index contributed by atoms with van der Waals surface area (Å²) in [6.07, 6.45) is 1.61. The van der Waals surface area contributed by atoms with Crippen molar-refractivity contribution in [3.05, 3.63) is 77.8 Å². The Balaban J connectivity index is 1.45. The van der Waals surface area contributed by atoms with Crippen LogP contribution in [0.2, 0.25) is 0 Å². The number of halogens is 1. The number of hydrogen-bond acceptors (Lipinski definition) is 4. The summed E-state index contributed by atoms with van der Waals surface area (Å²) in [5.41, 5.74) is 2.74. The highest BCUT2D eigenvalue weighted by Crippen LogP contribution is 2.19. The number of nitrogens with one attached hydrogen (secondary N) is 1. The van der Waals surface area contributed by atoms with Crippen LogP contribution in [0.25, 0.3) is 11.3 Å². The molecule has 0 radical (unpaired) electrons. The molecular formula is C24H28FN3O2. The number of nitrogens with zero attached hydrogens (tertiary/aromatic N) is 2. The number of rotatable bonds is 9. The van der Waals surface area contributed by atoms with Gasteiger partial charge in [-0.3, -0.25) is 9.69 Å². The number of likely N-dealkylation sites (N-methyl/N-ethyl adjacent to an activating group) is 1. The Labute approximate surface area is 176 Å². The first-order chi connectivity index (χ1) is 14.4. The van der Waals surface area contributed by atoms with E-state index in [2.05, 4.69) is 10.5 Å². The number of aromatic nitrogens is 1. The molecule has 0 bridgehead atoms. The van der Waals surface area contributed by atoms with Crippen LogP contribution in [0.3, 0.4) is 0 Å². The molecule has 3 rings (SSSR count). The molecule has 0 saturated carbocycles. The highest BCUT2D eigenvalue weighted by molar-refractivity contribution is 5.81. The monoisotopic (exact) mass is 409 g/mol. The maximum Gasteiger partial charge on any atom is 0.237 e. The van der Waals surface area contributed by atoms with E-state index in [4.69, 9.17) is 4.52 Å². The van der Waals surface area contributed by atoms with E-state index in [1.54, 1.807) is 12.1 Å². The number of benzene rings is 2. The predicted molar refractivity (Wildman–Crippen MR) is 115 cm³/mol. The first-order valence-electron chi connectivity index (χ1n) is 10.2. The van der Waals surface area contributed by atoms with Crippen LogP contribution in [0.5, 0.6) is 0 Å². The van der Waals surface area contributed by atoms with E-state index in [9.17, 15) is 9.18 Å². The molecule has 0 saturated heterocycles. The van der Waals surface area contributed by atoms with E-state index in [0.29, 0.717) is 0 Å². The molecule has 1 amide bonds. The van der Waals surface area contributed by atoms with Crippen LogP contribution in [-0.2, 0) is 11.2 Å². The van der Waals surface area contributed by atoms with Crippen molar-refractivity contribution in [2.24, 2.45) is 0 Å². The lowest BCUT2D eigenvalue weighted by Crippen LogP contribution is -2.44. The maximum atomic E-state index is 13.1. The summed E-state index contributed by atoms with van der Waals surface area (Å²) in [5.74, 6) is 0.498. The predicted octanol–water partition coefficient (Wildman–Crippen LogP) is 4.61. The Bertz CT molecular complexity index is 941. The summed E-state index contributed by atoms with van der Waals surface area (Å²) in [6.45, 7) is 4.53. The summed E-state index contributed by atoms with van der Waals surface area (Å²) in [7, 11) is 1.93. The van der Waals surface area contributed by atoms with Crippen molar-refractivity contribution in [3.8, 4) is 11.3 Å². The average Bonchev–Trinajstić information content (AvgIpc) is 3.23. The van der Waals surface area contributed by atoms with Crippen molar-refractivity contribution >= 4 is 5.91 Å². The largest absolute Gasteiger partial charge is 0.361 e. The van der Waals surface area contributed by atoms with Gasteiger partial charge in [0.1, 0.15) is 17.3 Å². The first-order valence-corrected chi connectivity index (χ1v) is 10.2. The Morgan fingerprint density at radius 1 is 1.13 bits per heavy atom. The van der Waals surface area contributed by atoms with Crippen LogP contribution in [0.1, 0.15) is 37.6 Å². The van der Waals surface area contributed by atoms with Gasteiger partial charge in [-0.15, -0.1) is 0 Å². The van der Waals surface area contributed by atoms with Gasteiger partial charge in [0.2, 0.25) is 5.91 Å². The standard InChI is InChI=1S/C24H28FN3O2/c1-17(19-11-13-21(25)14-12-19)26-24(29)18(2)28(3)15-7-10-22-16-23(27-30-22)20-8-5-4-6-9-20/h4-6,8-9,11-14,16-18H,7,10,15H2,1-3H3,(H,26,29). The highest BCUT2D eigenvalue weighted by Gasteiger charge is 2.20. The average molecular weight is 410 g/mol. The van der Waals surface area contributed by atoms with Crippen LogP contribution >= 0.6 is 0 Å². The lowest BCUT2D eigenvalue weighted by molar-refractivity contribution is -0.126. The Morgan fingerprint density at radius 2 is 1.83 bits per heavy atom. The molecule has 0 aliphatic rings. The number of hydrogen-bond donors (Lipinski definition) is 1. The number of amides is 1. The zero-order valence-corrected chi connectivity index (χ0v) is 17.6. The molecule has 1 aromatic heterocycles. The smallest absolute Gasteiger partial charge is 0.237 e. The number of carbonyl (C=O) groups is 1. The minimum Gasteiger partial charge on any atom is -0.361 e. The van der Waals surface area contributed by atoms with Crippen LogP contribution < -0.4 is 5.32 Å². The van der Waals surface area contributed by atoms with Crippen molar-refractivity contribution in [1.82, 2.24) is 15.4 Å². The maximum absolute atomic E-state index is 13.1. The third kappa shape index (κ3) is 5.76. The van der Waals surface area contributed by atoms with Gasteiger partial charge in [-0.25, -0.2) is 4.39 Å². The normalized spacial score (nSPS) is 13.2. The molecule has 0 spiro atoms. The topological polar surface area (TPSA) is 58.4 Å². The molecule has 2 aromatic carbocycles. The van der Waals surface area contributed by atoms with Crippen LogP contribution in [0, 0.1) is 5.82 Å². The molecule has 3 aromatic rings. The molecular weight excluding hydrogens is 381 g/mol. The zero-order valence-electron chi connectivity index (χ0n) is 17.6. The van der Waals surface area contributed by atoms with E-state index in [-0.39, 0.29) is 23.8 Å². The summed E-state index contributed by atoms with van der Waals surface area (Å²) >= 11 is 0. The fourth-order valence-electron chi connectivity index (χ4n) is 3.24. The van der Waals surface area contributed by atoms with E-state index in [1.807, 2.05) is 62.2 Å². The molecule has 2 atom stereocenters. The van der Waals surface area contributed by atoms with Crippen LogP contribution in [0.15, 0.2) is 65.2 Å². The summed E-state index contributed by atoms with van der Waals surface area (Å²) in [5, 5.41) is 7.13. The second-order valence-electron chi connectivity index (χ2n) is 7.59. The fourth-order valence-corrected chi connectivity index (χ4v) is 3.24. The minimum atomic E-state index is -0.284. The third-order valence-electron chi connectivity index (χ3n) is 5.33. The minimum absolute atomic E-state index is 0.0552. The molecule has 0 aliphatic carbocycles. The van der Waals surface area contributed by atoms with E-state index in [0.717, 1.165) is 42.0 Å². The van der Waals surface area contributed by atoms with Crippen LogP contribution in [0.4, 0.5) is 4.39 Å². The van der Waals surface area contributed by atoms with Crippen molar-refractivity contribution < 1.29 is 13.7 Å². The van der Waals surface area contributed by atoms with E-state index >= 15 is 0 Å². The molecule has 0 fully saturated rings. The van der Waals surface area contributed by atoms with Gasteiger partial charge in [0.05, 0.1) is 12.1 Å². The summed E-state index contributed by atoms with van der Waals surface area (Å²) in [4.78, 5) is 14.6. The van der Waals surface area contributed by atoms with Gasteiger partial charge in [0.25, 0.3) is 0 Å². The third-order valence-corrected chi connectivity index (χ3v) is 5.33. The summed E-state index contributed by atoms with van der Waals surface area (Å²) < 4.78 is 18.5. The second-order valence-corrected chi connectivity index (χ2v) is 7.59. The molecule has 1 heterocycles. The molecule has 158 valence electrons. The Kier molecular flexibility index (Phi) is 7.36. The Hall–Kier alpha value is -2.99. The van der Waals surface area contributed by atoms with Gasteiger partial charge in [-0.05, 0) is 51.6 Å². The highest BCUT2D eigenvalue weighted by atomic mass is 19.1. The number of aryl methyl sites for hydroxylation is 1. The van der Waals surface area contributed by atoms with Crippen molar-refractivity contribution in [1.29, 1.82) is 0 Å². The van der Waals surface area contributed by atoms with Gasteiger partial charge in [-0.1, -0.05) is 47.6 Å².